The van der Waals surface area contributed by atoms with Gasteiger partial charge < -0.3 is 29.9 Å². The van der Waals surface area contributed by atoms with Crippen LogP contribution in [0.25, 0.3) is 0 Å². The smallest absolute Gasteiger partial charge is 0.229 e. The van der Waals surface area contributed by atoms with Crippen molar-refractivity contribution in [3.8, 4) is 11.5 Å². The predicted molar refractivity (Wildman–Crippen MR) is 56.5 cm³/mol. The van der Waals surface area contributed by atoms with Gasteiger partial charge in [-0.1, -0.05) is 12.1 Å². The minimum atomic E-state index is -1.38. The van der Waals surface area contributed by atoms with Crippen LogP contribution in [0.15, 0.2) is 24.3 Å². The lowest BCUT2D eigenvalue weighted by Crippen LogP contribution is -2.54. The fraction of sp³-hybridized carbons (Fsp3) is 0.455. The van der Waals surface area contributed by atoms with Gasteiger partial charge in [0.25, 0.3) is 0 Å². The number of rotatable bonds is 2. The molecule has 6 heteroatoms. The quantitative estimate of drug-likeness (QED) is 0.542. The monoisotopic (exact) mass is 242 g/mol. The van der Waals surface area contributed by atoms with Crippen molar-refractivity contribution in [2.45, 2.75) is 24.6 Å². The number of benzene rings is 1. The van der Waals surface area contributed by atoms with E-state index >= 15 is 0 Å². The SMILES string of the molecule is Oc1ccccc1O[C@H]1OC[C@@H](O)[C@H](O)[C@H]1O. The average Bonchev–Trinajstić information content (AvgIpc) is 2.32. The number of para-hydroxylation sites is 2. The summed E-state index contributed by atoms with van der Waals surface area (Å²) in [5.74, 6) is 0.0454. The zero-order valence-electron chi connectivity index (χ0n) is 8.93. The number of hydrogen-bond donors (Lipinski definition) is 4. The standard InChI is InChI=1S/C11H14O6/c12-6-3-1-2-4-8(6)17-11-10(15)9(14)7(13)5-16-11/h1-4,7,9-15H,5H2/t7-,9+,10-,11-/m1/s1. The minimum Gasteiger partial charge on any atom is -0.504 e. The van der Waals surface area contributed by atoms with Gasteiger partial charge in [0, 0.05) is 0 Å². The number of phenols is 1. The Labute approximate surface area is 97.7 Å². The van der Waals surface area contributed by atoms with Crippen molar-refractivity contribution in [1.29, 1.82) is 0 Å². The van der Waals surface area contributed by atoms with E-state index in [-0.39, 0.29) is 18.1 Å². The molecular weight excluding hydrogens is 228 g/mol. The minimum absolute atomic E-state index is 0.0936. The Bertz CT molecular complexity index is 382. The fourth-order valence-corrected chi connectivity index (χ4v) is 1.56. The highest BCUT2D eigenvalue weighted by molar-refractivity contribution is 5.38. The number of aromatic hydroxyl groups is 1. The number of aliphatic hydroxyl groups is 3. The van der Waals surface area contributed by atoms with E-state index in [1.54, 1.807) is 12.1 Å². The van der Waals surface area contributed by atoms with Gasteiger partial charge in [-0.25, -0.2) is 0 Å². The molecule has 0 radical (unpaired) electrons. The summed E-state index contributed by atoms with van der Waals surface area (Å²) in [6.07, 6.45) is -4.98. The van der Waals surface area contributed by atoms with E-state index < -0.39 is 24.6 Å². The summed E-state index contributed by atoms with van der Waals surface area (Å²) in [6.45, 7) is -0.142. The Balaban J connectivity index is 2.07. The van der Waals surface area contributed by atoms with Crippen LogP contribution in [0.3, 0.4) is 0 Å². The molecule has 4 atom stereocenters. The molecule has 0 amide bonds. The third-order valence-corrected chi connectivity index (χ3v) is 2.56. The van der Waals surface area contributed by atoms with Crippen LogP contribution < -0.4 is 4.74 Å². The second-order valence-electron chi connectivity index (χ2n) is 3.84. The van der Waals surface area contributed by atoms with Crippen molar-refractivity contribution in [1.82, 2.24) is 0 Å². The van der Waals surface area contributed by atoms with E-state index in [1.807, 2.05) is 0 Å². The Hall–Kier alpha value is -1.34. The van der Waals surface area contributed by atoms with E-state index in [9.17, 15) is 20.4 Å². The maximum Gasteiger partial charge on any atom is 0.229 e. The summed E-state index contributed by atoms with van der Waals surface area (Å²) in [4.78, 5) is 0. The molecule has 1 saturated heterocycles. The van der Waals surface area contributed by atoms with Crippen molar-refractivity contribution in [2.24, 2.45) is 0 Å². The molecule has 0 saturated carbocycles. The van der Waals surface area contributed by atoms with Gasteiger partial charge in [0.1, 0.15) is 18.3 Å². The molecule has 1 aliphatic heterocycles. The van der Waals surface area contributed by atoms with Crippen molar-refractivity contribution in [3.63, 3.8) is 0 Å². The Morgan fingerprint density at radius 2 is 1.82 bits per heavy atom. The summed E-state index contributed by atoms with van der Waals surface area (Å²) in [5.41, 5.74) is 0. The van der Waals surface area contributed by atoms with Crippen LogP contribution in [-0.2, 0) is 4.74 Å². The van der Waals surface area contributed by atoms with Crippen LogP contribution in [0, 0.1) is 0 Å². The summed E-state index contributed by atoms with van der Waals surface area (Å²) >= 11 is 0. The molecule has 1 aliphatic rings. The molecule has 0 aromatic heterocycles. The van der Waals surface area contributed by atoms with Gasteiger partial charge in [-0.05, 0) is 12.1 Å². The molecular formula is C11H14O6. The maximum atomic E-state index is 9.62. The van der Waals surface area contributed by atoms with Crippen molar-refractivity contribution in [3.05, 3.63) is 24.3 Å². The molecule has 6 nitrogen and oxygen atoms in total. The number of phenolic OH excluding ortho intramolecular Hbond substituents is 1. The first-order chi connectivity index (χ1) is 8.09. The molecule has 94 valence electrons. The lowest BCUT2D eigenvalue weighted by molar-refractivity contribution is -0.242. The van der Waals surface area contributed by atoms with Gasteiger partial charge in [0.05, 0.1) is 6.61 Å². The summed E-state index contributed by atoms with van der Waals surface area (Å²) in [7, 11) is 0. The topological polar surface area (TPSA) is 99.4 Å². The maximum absolute atomic E-state index is 9.62. The zero-order chi connectivity index (χ0) is 12.4. The molecule has 0 unspecified atom stereocenters. The van der Waals surface area contributed by atoms with E-state index in [2.05, 4.69) is 0 Å². The highest BCUT2D eigenvalue weighted by atomic mass is 16.7. The first-order valence-corrected chi connectivity index (χ1v) is 5.20. The third-order valence-electron chi connectivity index (χ3n) is 2.56. The van der Waals surface area contributed by atoms with Gasteiger partial charge in [0.15, 0.2) is 11.5 Å². The van der Waals surface area contributed by atoms with E-state index in [1.165, 1.54) is 12.1 Å². The van der Waals surface area contributed by atoms with Crippen LogP contribution in [0.5, 0.6) is 11.5 Å². The molecule has 0 aliphatic carbocycles. The molecule has 1 heterocycles. The number of aliphatic hydroxyl groups excluding tert-OH is 3. The normalized spacial score (nSPS) is 33.4. The van der Waals surface area contributed by atoms with Crippen LogP contribution in [0.2, 0.25) is 0 Å². The third kappa shape index (κ3) is 2.50. The molecule has 1 aromatic rings. The average molecular weight is 242 g/mol. The Morgan fingerprint density at radius 3 is 2.53 bits per heavy atom. The first kappa shape index (κ1) is 12.1. The summed E-state index contributed by atoms with van der Waals surface area (Å²) in [5, 5.41) is 37.8. The van der Waals surface area contributed by atoms with Crippen LogP contribution in [-0.4, -0.2) is 51.6 Å². The fourth-order valence-electron chi connectivity index (χ4n) is 1.56. The van der Waals surface area contributed by atoms with Crippen LogP contribution >= 0.6 is 0 Å². The molecule has 2 rings (SSSR count). The Kier molecular flexibility index (Phi) is 3.49. The molecule has 0 spiro atoms. The van der Waals surface area contributed by atoms with Crippen molar-refractivity contribution >= 4 is 0 Å². The van der Waals surface area contributed by atoms with Crippen LogP contribution in [0.4, 0.5) is 0 Å². The number of ether oxygens (including phenoxy) is 2. The largest absolute Gasteiger partial charge is 0.504 e. The molecule has 4 N–H and O–H groups in total. The van der Waals surface area contributed by atoms with Gasteiger partial charge in [-0.3, -0.25) is 0 Å². The predicted octanol–water partition coefficient (Wildman–Crippen LogP) is -0.790. The van der Waals surface area contributed by atoms with Gasteiger partial charge in [-0.15, -0.1) is 0 Å². The van der Waals surface area contributed by atoms with E-state index in [0.29, 0.717) is 0 Å². The van der Waals surface area contributed by atoms with Gasteiger partial charge in [-0.2, -0.15) is 0 Å². The molecule has 1 fully saturated rings. The zero-order valence-corrected chi connectivity index (χ0v) is 8.93. The highest BCUT2D eigenvalue weighted by Crippen LogP contribution is 2.28. The molecule has 17 heavy (non-hydrogen) atoms. The van der Waals surface area contributed by atoms with Gasteiger partial charge in [0.2, 0.25) is 6.29 Å². The summed E-state index contributed by atoms with van der Waals surface area (Å²) in [6, 6.07) is 6.20. The first-order valence-electron chi connectivity index (χ1n) is 5.20. The van der Waals surface area contributed by atoms with Crippen LogP contribution in [0.1, 0.15) is 0 Å². The molecule has 1 aromatic carbocycles. The van der Waals surface area contributed by atoms with Gasteiger partial charge >= 0.3 is 0 Å². The lowest BCUT2D eigenvalue weighted by atomic mass is 10.1. The summed E-state index contributed by atoms with van der Waals surface area (Å²) < 4.78 is 10.3. The van der Waals surface area contributed by atoms with E-state index in [0.717, 1.165) is 0 Å². The highest BCUT2D eigenvalue weighted by Gasteiger charge is 2.39. The lowest BCUT2D eigenvalue weighted by Gasteiger charge is -2.34. The van der Waals surface area contributed by atoms with E-state index in [4.69, 9.17) is 9.47 Å². The molecule has 0 bridgehead atoms. The second-order valence-corrected chi connectivity index (χ2v) is 3.84. The second kappa shape index (κ2) is 4.89. The van der Waals surface area contributed by atoms with Crippen molar-refractivity contribution < 1.29 is 29.9 Å². The van der Waals surface area contributed by atoms with Crippen molar-refractivity contribution in [2.75, 3.05) is 6.61 Å². The Morgan fingerprint density at radius 1 is 1.12 bits per heavy atom. The number of hydrogen-bond acceptors (Lipinski definition) is 6.